The van der Waals surface area contributed by atoms with Gasteiger partial charge in [-0.15, -0.1) is 0 Å². The highest BCUT2D eigenvalue weighted by Crippen LogP contribution is 2.43. The van der Waals surface area contributed by atoms with Crippen LogP contribution in [0.2, 0.25) is 0 Å². The predicted molar refractivity (Wildman–Crippen MR) is 216 cm³/mol. The standard InChI is InChI=1S/C42H78NO11P/c1-6-8-10-11-12-13-14-15-16-17-22-26-41(47)51-33-36(34-53-55(49,50)52-31-30-43(3,4)5)54-42(48)27-23-19-18-21-25-37-38(40(46)32-39(37)45)29-28-35(44)24-20-9-7-2/h28-29,35-39,44-45H,6-27,30-34H2,1-5H3/p+1/b29-28+/t35-,36+,37+,38+,39-/m0/s1. The van der Waals surface area contributed by atoms with Gasteiger partial charge in [-0.1, -0.05) is 129 Å². The van der Waals surface area contributed by atoms with E-state index < -0.39 is 50.6 Å². The van der Waals surface area contributed by atoms with E-state index in [9.17, 15) is 34.1 Å². The topological polar surface area (TPSA) is 166 Å². The molecule has 0 aromatic heterocycles. The number of esters is 2. The van der Waals surface area contributed by atoms with Crippen molar-refractivity contribution in [2.75, 3.05) is 47.5 Å². The Morgan fingerprint density at radius 3 is 1.95 bits per heavy atom. The molecule has 0 aromatic carbocycles. The van der Waals surface area contributed by atoms with Crippen LogP contribution in [0.4, 0.5) is 0 Å². The van der Waals surface area contributed by atoms with Gasteiger partial charge in [0.25, 0.3) is 0 Å². The van der Waals surface area contributed by atoms with Gasteiger partial charge in [0, 0.05) is 25.2 Å². The van der Waals surface area contributed by atoms with Crippen LogP contribution in [0, 0.1) is 11.8 Å². The Balaban J connectivity index is 2.51. The lowest BCUT2D eigenvalue weighted by Crippen LogP contribution is -2.37. The van der Waals surface area contributed by atoms with E-state index in [0.29, 0.717) is 36.7 Å². The van der Waals surface area contributed by atoms with Crippen molar-refractivity contribution in [2.45, 2.75) is 180 Å². The minimum atomic E-state index is -4.43. The minimum Gasteiger partial charge on any atom is -0.462 e. The Bertz CT molecular complexity index is 1110. The van der Waals surface area contributed by atoms with Gasteiger partial charge in [0.1, 0.15) is 25.5 Å². The highest BCUT2D eigenvalue weighted by atomic mass is 31.2. The molecule has 1 saturated carbocycles. The number of Topliss-reactive ketones (excluding diaryl/α,β-unsaturated/α-hetero) is 1. The van der Waals surface area contributed by atoms with Crippen LogP contribution < -0.4 is 0 Å². The summed E-state index contributed by atoms with van der Waals surface area (Å²) in [5, 5.41) is 20.8. The Labute approximate surface area is 333 Å². The van der Waals surface area contributed by atoms with Crippen LogP contribution in [0.5, 0.6) is 0 Å². The Kier molecular flexibility index (Phi) is 28.4. The molecule has 0 saturated heterocycles. The van der Waals surface area contributed by atoms with Gasteiger partial charge in [-0.3, -0.25) is 23.4 Å². The first-order valence-electron chi connectivity index (χ1n) is 21.5. The molecular weight excluding hydrogens is 725 g/mol. The maximum Gasteiger partial charge on any atom is 0.472 e. The Morgan fingerprint density at radius 2 is 1.35 bits per heavy atom. The van der Waals surface area contributed by atoms with E-state index in [1.807, 2.05) is 21.1 Å². The molecule has 0 amide bonds. The summed E-state index contributed by atoms with van der Waals surface area (Å²) in [6.07, 6.45) is 21.6. The van der Waals surface area contributed by atoms with Crippen LogP contribution in [0.1, 0.15) is 162 Å². The van der Waals surface area contributed by atoms with Crippen molar-refractivity contribution in [1.82, 2.24) is 0 Å². The average molecular weight is 805 g/mol. The zero-order valence-electron chi connectivity index (χ0n) is 35.1. The lowest BCUT2D eigenvalue weighted by atomic mass is 9.88. The number of carbonyl (C=O) groups excluding carboxylic acids is 3. The van der Waals surface area contributed by atoms with Crippen LogP contribution in [-0.4, -0.2) is 103 Å². The number of nitrogens with zero attached hydrogens (tertiary/aromatic N) is 1. The molecule has 0 aromatic rings. The van der Waals surface area contributed by atoms with Gasteiger partial charge in [0.2, 0.25) is 0 Å². The molecule has 6 atom stereocenters. The molecule has 1 unspecified atom stereocenters. The number of carbonyl (C=O) groups is 3. The van der Waals surface area contributed by atoms with E-state index in [2.05, 4.69) is 13.8 Å². The van der Waals surface area contributed by atoms with E-state index in [1.165, 1.54) is 44.9 Å². The predicted octanol–water partition coefficient (Wildman–Crippen LogP) is 8.39. The number of aliphatic hydroxyl groups is 2. The van der Waals surface area contributed by atoms with E-state index in [4.69, 9.17) is 18.5 Å². The normalized spacial score (nSPS) is 19.8. The first-order valence-corrected chi connectivity index (χ1v) is 23.0. The van der Waals surface area contributed by atoms with Crippen LogP contribution in [0.25, 0.3) is 0 Å². The highest BCUT2D eigenvalue weighted by molar-refractivity contribution is 7.47. The maximum absolute atomic E-state index is 12.8. The number of phosphoric acid groups is 1. The lowest BCUT2D eigenvalue weighted by Gasteiger charge is -2.24. The number of likely N-dealkylation sites (N-methyl/N-ethyl adjacent to an activating group) is 1. The fraction of sp³-hybridized carbons (Fsp3) is 0.881. The molecule has 1 aliphatic carbocycles. The van der Waals surface area contributed by atoms with Crippen LogP contribution in [0.3, 0.4) is 0 Å². The van der Waals surface area contributed by atoms with Gasteiger partial charge < -0.3 is 29.1 Å². The number of hydrogen-bond acceptors (Lipinski definition) is 10. The maximum atomic E-state index is 12.8. The zero-order valence-corrected chi connectivity index (χ0v) is 36.0. The Morgan fingerprint density at radius 1 is 0.800 bits per heavy atom. The van der Waals surface area contributed by atoms with E-state index >= 15 is 0 Å². The first kappa shape index (κ1) is 51.4. The number of unbranched alkanes of at least 4 members (excludes halogenated alkanes) is 15. The third kappa shape index (κ3) is 27.6. The van der Waals surface area contributed by atoms with Gasteiger partial charge >= 0.3 is 19.8 Å². The van der Waals surface area contributed by atoms with Gasteiger partial charge in [-0.2, -0.15) is 0 Å². The van der Waals surface area contributed by atoms with Crippen LogP contribution in [0.15, 0.2) is 12.2 Å². The second-order valence-electron chi connectivity index (χ2n) is 16.5. The molecule has 1 fully saturated rings. The van der Waals surface area contributed by atoms with Gasteiger partial charge in [0.05, 0.1) is 40.0 Å². The van der Waals surface area contributed by atoms with Crippen molar-refractivity contribution >= 4 is 25.5 Å². The van der Waals surface area contributed by atoms with Crippen molar-refractivity contribution in [2.24, 2.45) is 11.8 Å². The molecule has 0 bridgehead atoms. The molecule has 1 rings (SSSR count). The van der Waals surface area contributed by atoms with Crippen molar-refractivity contribution in [3.05, 3.63) is 12.2 Å². The number of aliphatic hydroxyl groups excluding tert-OH is 2. The molecule has 55 heavy (non-hydrogen) atoms. The third-order valence-corrected chi connectivity index (χ3v) is 11.2. The summed E-state index contributed by atoms with van der Waals surface area (Å²) in [4.78, 5) is 48.0. The summed E-state index contributed by atoms with van der Waals surface area (Å²) in [6.45, 7) is 4.03. The minimum absolute atomic E-state index is 0.00354. The molecule has 322 valence electrons. The van der Waals surface area contributed by atoms with Gasteiger partial charge in [-0.05, 0) is 31.6 Å². The number of allylic oxidation sites excluding steroid dienone is 1. The number of ketones is 1. The first-order chi connectivity index (χ1) is 26.2. The lowest BCUT2D eigenvalue weighted by molar-refractivity contribution is -0.870. The summed E-state index contributed by atoms with van der Waals surface area (Å²) >= 11 is 0. The summed E-state index contributed by atoms with van der Waals surface area (Å²) in [7, 11) is 1.34. The Hall–Kier alpha value is -1.66. The highest BCUT2D eigenvalue weighted by Gasteiger charge is 2.39. The van der Waals surface area contributed by atoms with Gasteiger partial charge in [0.15, 0.2) is 6.10 Å². The molecule has 13 heteroatoms. The molecule has 0 spiro atoms. The summed E-state index contributed by atoms with van der Waals surface area (Å²) in [6, 6.07) is 0. The van der Waals surface area contributed by atoms with E-state index in [0.717, 1.165) is 57.8 Å². The molecule has 1 aliphatic rings. The second-order valence-corrected chi connectivity index (χ2v) is 18.0. The molecule has 0 heterocycles. The molecular formula is C42H79NO11P+. The molecule has 0 radical (unpaired) electrons. The molecule has 0 aliphatic heterocycles. The molecule has 12 nitrogen and oxygen atoms in total. The van der Waals surface area contributed by atoms with Gasteiger partial charge in [-0.25, -0.2) is 4.57 Å². The van der Waals surface area contributed by atoms with E-state index in [1.54, 1.807) is 12.2 Å². The second kappa shape index (κ2) is 30.4. The van der Waals surface area contributed by atoms with Crippen molar-refractivity contribution in [3.63, 3.8) is 0 Å². The monoisotopic (exact) mass is 805 g/mol. The smallest absolute Gasteiger partial charge is 0.462 e. The largest absolute Gasteiger partial charge is 0.472 e. The van der Waals surface area contributed by atoms with Crippen molar-refractivity contribution < 1.29 is 57.1 Å². The third-order valence-electron chi connectivity index (χ3n) is 10.2. The number of ether oxygens (including phenoxy) is 2. The summed E-state index contributed by atoms with van der Waals surface area (Å²) in [5.74, 6) is -1.53. The molecule has 3 N–H and O–H groups in total. The van der Waals surface area contributed by atoms with Crippen molar-refractivity contribution in [3.8, 4) is 0 Å². The number of phosphoric ester groups is 1. The number of hydrogen-bond donors (Lipinski definition) is 3. The van der Waals surface area contributed by atoms with Crippen LogP contribution >= 0.6 is 7.82 Å². The summed E-state index contributed by atoms with van der Waals surface area (Å²) in [5.41, 5.74) is 0. The summed E-state index contributed by atoms with van der Waals surface area (Å²) < 4.78 is 34.2. The SMILES string of the molecule is CCCCCCCCCCCCCC(=O)OC[C@H](COP(=O)(O)OCC[N+](C)(C)C)OC(=O)CCCCCC[C@H]1[C@@H](O)CC(=O)[C@@H]1/C=C/[C@@H](O)CCCCC. The number of quaternary nitrogens is 1. The fourth-order valence-corrected chi connectivity index (χ4v) is 7.48. The quantitative estimate of drug-likeness (QED) is 0.0185. The van der Waals surface area contributed by atoms with E-state index in [-0.39, 0.29) is 44.2 Å². The van der Waals surface area contributed by atoms with Crippen molar-refractivity contribution in [1.29, 1.82) is 0 Å². The zero-order chi connectivity index (χ0) is 41.0. The fourth-order valence-electron chi connectivity index (χ4n) is 6.74. The average Bonchev–Trinajstić information content (AvgIpc) is 3.39. The number of rotatable bonds is 35. The van der Waals surface area contributed by atoms with Crippen LogP contribution in [-0.2, 0) is 37.5 Å².